The van der Waals surface area contributed by atoms with Crippen LogP contribution >= 0.6 is 24.0 Å². The molecule has 0 amide bonds. The second-order valence-electron chi connectivity index (χ2n) is 7.85. The van der Waals surface area contributed by atoms with Crippen LogP contribution < -0.4 is 14.8 Å². The molecule has 33 heavy (non-hydrogen) atoms. The summed E-state index contributed by atoms with van der Waals surface area (Å²) in [4.78, 5) is 7.21. The van der Waals surface area contributed by atoms with Crippen molar-refractivity contribution in [2.75, 3.05) is 20.8 Å². The summed E-state index contributed by atoms with van der Waals surface area (Å²) in [6.07, 6.45) is 0.908. The number of nitrogens with one attached hydrogen (secondary N) is 1. The van der Waals surface area contributed by atoms with Crippen molar-refractivity contribution in [3.05, 3.63) is 70.8 Å². The van der Waals surface area contributed by atoms with Gasteiger partial charge in [-0.2, -0.15) is 0 Å². The monoisotopic (exact) mass is 562 g/mol. The van der Waals surface area contributed by atoms with Crippen LogP contribution in [0.4, 0.5) is 0 Å². The molecular formula is C24H31IN6O2. The molecule has 8 nitrogen and oxygen atoms in total. The molecule has 2 heterocycles. The standard InChI is InChI=1S/C24H30N6O2.HI/c1-17-27-28-23(29(17)2)15-26-24(25-14-18-8-6-5-7-9-18)30-11-10-19-12-21(31-3)22(32-4)13-20(19)16-30;/h5-9,12-13H,10-11,14-16H2,1-4H3,(H,25,26);1H. The van der Waals surface area contributed by atoms with Crippen LogP contribution in [0.2, 0.25) is 0 Å². The highest BCUT2D eigenvalue weighted by Crippen LogP contribution is 2.33. The molecular weight excluding hydrogens is 531 g/mol. The van der Waals surface area contributed by atoms with Crippen LogP contribution in [0.5, 0.6) is 11.5 Å². The second-order valence-corrected chi connectivity index (χ2v) is 7.85. The van der Waals surface area contributed by atoms with Crippen LogP contribution in [-0.4, -0.2) is 46.4 Å². The van der Waals surface area contributed by atoms with Crippen LogP contribution in [0, 0.1) is 6.92 Å². The van der Waals surface area contributed by atoms with E-state index in [0.29, 0.717) is 13.1 Å². The maximum Gasteiger partial charge on any atom is 0.194 e. The van der Waals surface area contributed by atoms with Gasteiger partial charge in [-0.15, -0.1) is 34.2 Å². The molecule has 0 bridgehead atoms. The van der Waals surface area contributed by atoms with E-state index in [0.717, 1.165) is 48.6 Å². The van der Waals surface area contributed by atoms with Crippen molar-refractivity contribution < 1.29 is 9.47 Å². The lowest BCUT2D eigenvalue weighted by Crippen LogP contribution is -2.44. The first kappa shape index (κ1) is 24.8. The molecule has 0 aliphatic carbocycles. The Kier molecular flexibility index (Phi) is 8.54. The van der Waals surface area contributed by atoms with Crippen molar-refractivity contribution in [1.82, 2.24) is 25.0 Å². The zero-order valence-corrected chi connectivity index (χ0v) is 21.9. The van der Waals surface area contributed by atoms with Crippen LogP contribution in [0.15, 0.2) is 47.5 Å². The fourth-order valence-corrected chi connectivity index (χ4v) is 3.84. The zero-order valence-electron chi connectivity index (χ0n) is 19.5. The third-order valence-corrected chi connectivity index (χ3v) is 5.86. The van der Waals surface area contributed by atoms with Crippen molar-refractivity contribution in [1.29, 1.82) is 0 Å². The van der Waals surface area contributed by atoms with Crippen molar-refractivity contribution in [3.8, 4) is 11.5 Å². The smallest absolute Gasteiger partial charge is 0.194 e. The number of nitrogens with zero attached hydrogens (tertiary/aromatic N) is 5. The predicted octanol–water partition coefficient (Wildman–Crippen LogP) is 3.46. The van der Waals surface area contributed by atoms with Gasteiger partial charge in [-0.3, -0.25) is 0 Å². The number of rotatable bonds is 6. The van der Waals surface area contributed by atoms with E-state index in [1.807, 2.05) is 36.7 Å². The Morgan fingerprint density at radius 3 is 2.39 bits per heavy atom. The Labute approximate surface area is 212 Å². The number of aliphatic imine (C=N–C) groups is 1. The van der Waals surface area contributed by atoms with Crippen molar-refractivity contribution >= 4 is 29.9 Å². The molecule has 2 aromatic carbocycles. The average Bonchev–Trinajstić information content (AvgIpc) is 3.15. The van der Waals surface area contributed by atoms with Crippen molar-refractivity contribution in [2.24, 2.45) is 12.0 Å². The molecule has 4 rings (SSSR count). The molecule has 1 aliphatic rings. The molecule has 1 N–H and O–H groups in total. The molecule has 176 valence electrons. The Balaban J connectivity index is 0.00000306. The van der Waals surface area contributed by atoms with E-state index < -0.39 is 0 Å². The SMILES string of the molecule is COc1cc2c(cc1OC)CN(C(=NCc1ccccc1)NCc1nnc(C)n1C)CC2.I. The van der Waals surface area contributed by atoms with E-state index >= 15 is 0 Å². The van der Waals surface area contributed by atoms with Gasteiger partial charge in [0, 0.05) is 20.1 Å². The molecule has 1 aliphatic heterocycles. The molecule has 0 atom stereocenters. The minimum absolute atomic E-state index is 0. The lowest BCUT2D eigenvalue weighted by Gasteiger charge is -2.32. The predicted molar refractivity (Wildman–Crippen MR) is 139 cm³/mol. The number of aryl methyl sites for hydroxylation is 1. The summed E-state index contributed by atoms with van der Waals surface area (Å²) < 4.78 is 13.0. The van der Waals surface area contributed by atoms with Crippen LogP contribution in [0.3, 0.4) is 0 Å². The number of hydrogen-bond acceptors (Lipinski definition) is 5. The Morgan fingerprint density at radius 2 is 1.76 bits per heavy atom. The molecule has 9 heteroatoms. The van der Waals surface area contributed by atoms with Gasteiger partial charge in [0.25, 0.3) is 0 Å². The van der Waals surface area contributed by atoms with E-state index in [9.17, 15) is 0 Å². The molecule has 3 aromatic rings. The Hall–Kier alpha value is -2.82. The third-order valence-electron chi connectivity index (χ3n) is 5.86. The summed E-state index contributed by atoms with van der Waals surface area (Å²) in [6.45, 7) is 4.72. The van der Waals surface area contributed by atoms with Gasteiger partial charge in [0.2, 0.25) is 0 Å². The van der Waals surface area contributed by atoms with Crippen LogP contribution in [-0.2, 0) is 33.1 Å². The number of aromatic nitrogens is 3. The van der Waals surface area contributed by atoms with E-state index in [4.69, 9.17) is 14.5 Å². The number of ether oxygens (including phenoxy) is 2. The Morgan fingerprint density at radius 1 is 1.06 bits per heavy atom. The van der Waals surface area contributed by atoms with Crippen molar-refractivity contribution in [3.63, 3.8) is 0 Å². The minimum atomic E-state index is 0. The molecule has 0 unspecified atom stereocenters. The normalized spacial score (nSPS) is 13.2. The largest absolute Gasteiger partial charge is 0.493 e. The number of halogens is 1. The maximum absolute atomic E-state index is 5.52. The molecule has 0 saturated heterocycles. The summed E-state index contributed by atoms with van der Waals surface area (Å²) in [5.41, 5.74) is 3.67. The topological polar surface area (TPSA) is 76.8 Å². The molecule has 0 fully saturated rings. The second kappa shape index (κ2) is 11.4. The molecule has 0 spiro atoms. The van der Waals surface area contributed by atoms with Gasteiger partial charge in [-0.05, 0) is 42.2 Å². The van der Waals surface area contributed by atoms with Gasteiger partial charge in [-0.1, -0.05) is 30.3 Å². The first-order chi connectivity index (χ1) is 15.6. The number of methoxy groups -OCH3 is 2. The highest BCUT2D eigenvalue weighted by Gasteiger charge is 2.22. The summed E-state index contributed by atoms with van der Waals surface area (Å²) in [6, 6.07) is 14.4. The fraction of sp³-hybridized carbons (Fsp3) is 0.375. The van der Waals surface area contributed by atoms with Gasteiger partial charge in [0.05, 0.1) is 27.3 Å². The quantitative estimate of drug-likeness (QED) is 0.282. The Bertz CT molecular complexity index is 1100. The number of guanidine groups is 1. The van der Waals surface area contributed by atoms with Gasteiger partial charge >= 0.3 is 0 Å². The van der Waals surface area contributed by atoms with Crippen LogP contribution in [0.1, 0.15) is 28.3 Å². The summed E-state index contributed by atoms with van der Waals surface area (Å²) in [5, 5.41) is 11.9. The zero-order chi connectivity index (χ0) is 22.5. The minimum Gasteiger partial charge on any atom is -0.493 e. The molecule has 0 radical (unpaired) electrons. The van der Waals surface area contributed by atoms with E-state index in [-0.39, 0.29) is 24.0 Å². The van der Waals surface area contributed by atoms with Crippen LogP contribution in [0.25, 0.3) is 0 Å². The first-order valence-electron chi connectivity index (χ1n) is 10.7. The van der Waals surface area contributed by atoms with E-state index in [1.165, 1.54) is 16.7 Å². The van der Waals surface area contributed by atoms with Crippen molar-refractivity contribution in [2.45, 2.75) is 33.0 Å². The maximum atomic E-state index is 5.52. The van der Waals surface area contributed by atoms with E-state index in [1.54, 1.807) is 14.2 Å². The lowest BCUT2D eigenvalue weighted by atomic mass is 9.99. The molecule has 0 saturated carbocycles. The first-order valence-corrected chi connectivity index (χ1v) is 10.7. The third kappa shape index (κ3) is 5.76. The summed E-state index contributed by atoms with van der Waals surface area (Å²) in [5.74, 6) is 4.14. The summed E-state index contributed by atoms with van der Waals surface area (Å²) >= 11 is 0. The lowest BCUT2D eigenvalue weighted by molar-refractivity contribution is 0.345. The number of benzene rings is 2. The number of hydrogen-bond donors (Lipinski definition) is 1. The average molecular weight is 562 g/mol. The van der Waals surface area contributed by atoms with Gasteiger partial charge in [0.1, 0.15) is 5.82 Å². The van der Waals surface area contributed by atoms with Gasteiger partial charge < -0.3 is 24.3 Å². The molecule has 1 aromatic heterocycles. The number of fused-ring (bicyclic) bond motifs is 1. The van der Waals surface area contributed by atoms with Gasteiger partial charge in [0.15, 0.2) is 23.3 Å². The van der Waals surface area contributed by atoms with E-state index in [2.05, 4.69) is 44.7 Å². The highest BCUT2D eigenvalue weighted by atomic mass is 127. The summed E-state index contributed by atoms with van der Waals surface area (Å²) in [7, 11) is 5.32. The highest BCUT2D eigenvalue weighted by molar-refractivity contribution is 14.0. The fourth-order valence-electron chi connectivity index (χ4n) is 3.84. The van der Waals surface area contributed by atoms with Gasteiger partial charge in [-0.25, -0.2) is 4.99 Å².